The van der Waals surface area contributed by atoms with Gasteiger partial charge in [0, 0.05) is 0 Å². The summed E-state index contributed by atoms with van der Waals surface area (Å²) in [6.07, 6.45) is 0. The molecule has 1 aromatic rings. The van der Waals surface area contributed by atoms with Crippen LogP contribution in [0.5, 0.6) is 0 Å². The summed E-state index contributed by atoms with van der Waals surface area (Å²) in [6, 6.07) is 4.20. The monoisotopic (exact) mass is 196 g/mol. The van der Waals surface area contributed by atoms with Crippen LogP contribution in [0.25, 0.3) is 0 Å². The molecule has 0 saturated carbocycles. The van der Waals surface area contributed by atoms with E-state index in [9.17, 15) is 13.6 Å². The Balaban J connectivity index is 2.90. The van der Waals surface area contributed by atoms with Gasteiger partial charge in [0.1, 0.15) is 18.2 Å². The van der Waals surface area contributed by atoms with Crippen LogP contribution in [0.4, 0.5) is 8.78 Å². The molecule has 0 bridgehead atoms. The summed E-state index contributed by atoms with van der Waals surface area (Å²) in [5.41, 5.74) is -0.403. The maximum absolute atomic E-state index is 12.9. The number of hydrogen-bond acceptors (Lipinski definition) is 2. The predicted molar refractivity (Wildman–Crippen MR) is 44.3 cm³/mol. The van der Waals surface area contributed by atoms with Crippen molar-refractivity contribution in [1.29, 1.82) is 5.26 Å². The van der Waals surface area contributed by atoms with Gasteiger partial charge >= 0.3 is 0 Å². The summed E-state index contributed by atoms with van der Waals surface area (Å²) in [6.45, 7) is -0.241. The van der Waals surface area contributed by atoms with Gasteiger partial charge in [-0.25, -0.2) is 8.78 Å². The van der Waals surface area contributed by atoms with Gasteiger partial charge in [-0.3, -0.25) is 4.79 Å². The minimum atomic E-state index is -0.818. The molecule has 0 aliphatic heterocycles. The molecule has 14 heavy (non-hydrogen) atoms. The number of rotatable bonds is 2. The molecule has 1 aromatic carbocycles. The zero-order valence-electron chi connectivity index (χ0n) is 7.05. The van der Waals surface area contributed by atoms with Gasteiger partial charge in [-0.15, -0.1) is 0 Å². The number of nitriles is 1. The molecule has 3 nitrogen and oxygen atoms in total. The molecule has 5 heteroatoms. The van der Waals surface area contributed by atoms with Gasteiger partial charge < -0.3 is 5.32 Å². The van der Waals surface area contributed by atoms with E-state index < -0.39 is 23.1 Å². The predicted octanol–water partition coefficient (Wildman–Crippen LogP) is 1.22. The third-order valence-electron chi connectivity index (χ3n) is 1.50. The highest BCUT2D eigenvalue weighted by Gasteiger charge is 2.11. The minimum Gasteiger partial charge on any atom is -0.339 e. The number of carbonyl (C=O) groups excluding carboxylic acids is 1. The molecule has 0 fully saturated rings. The molecule has 0 spiro atoms. The number of hydrogen-bond donors (Lipinski definition) is 1. The molecule has 0 saturated heterocycles. The number of amides is 1. The number of nitrogens with zero attached hydrogens (tertiary/aromatic N) is 1. The van der Waals surface area contributed by atoms with Crippen molar-refractivity contribution in [3.05, 3.63) is 35.4 Å². The van der Waals surface area contributed by atoms with Gasteiger partial charge in [0.15, 0.2) is 0 Å². The van der Waals surface area contributed by atoms with Gasteiger partial charge in [0.05, 0.1) is 11.6 Å². The highest BCUT2D eigenvalue weighted by molar-refractivity contribution is 5.94. The Morgan fingerprint density at radius 1 is 1.50 bits per heavy atom. The second-order valence-corrected chi connectivity index (χ2v) is 2.46. The lowest BCUT2D eigenvalue weighted by Gasteiger charge is -2.01. The van der Waals surface area contributed by atoms with E-state index in [1.165, 1.54) is 0 Å². The fourth-order valence-corrected chi connectivity index (χ4v) is 0.887. The van der Waals surface area contributed by atoms with Crippen LogP contribution in [-0.2, 0) is 0 Å². The quantitative estimate of drug-likeness (QED) is 0.723. The lowest BCUT2D eigenvalue weighted by molar-refractivity contribution is 0.0954. The number of halogens is 2. The van der Waals surface area contributed by atoms with Crippen molar-refractivity contribution in [1.82, 2.24) is 5.32 Å². The topological polar surface area (TPSA) is 52.9 Å². The number of nitrogens with one attached hydrogen (secondary N) is 1. The van der Waals surface area contributed by atoms with Gasteiger partial charge in [0.2, 0.25) is 0 Å². The molecule has 72 valence electrons. The van der Waals surface area contributed by atoms with E-state index in [2.05, 4.69) is 5.32 Å². The van der Waals surface area contributed by atoms with Gasteiger partial charge in [-0.05, 0) is 18.2 Å². The Hall–Kier alpha value is -1.96. The van der Waals surface area contributed by atoms with Crippen LogP contribution in [-0.4, -0.2) is 12.5 Å². The summed E-state index contributed by atoms with van der Waals surface area (Å²) in [4.78, 5) is 11.1. The van der Waals surface area contributed by atoms with Crippen molar-refractivity contribution < 1.29 is 13.6 Å². The molecule has 0 aliphatic carbocycles. The SMILES string of the molecule is N#CCNC(=O)c1cc(F)ccc1F. The Labute approximate surface area is 79.0 Å². The largest absolute Gasteiger partial charge is 0.339 e. The maximum Gasteiger partial charge on any atom is 0.255 e. The third kappa shape index (κ3) is 2.26. The van der Waals surface area contributed by atoms with Crippen LogP contribution in [0.15, 0.2) is 18.2 Å². The molecule has 1 rings (SSSR count). The normalized spacial score (nSPS) is 9.21. The maximum atomic E-state index is 12.9. The zero-order chi connectivity index (χ0) is 10.6. The van der Waals surface area contributed by atoms with E-state index in [1.807, 2.05) is 0 Å². The molecule has 0 unspecified atom stereocenters. The first-order chi connectivity index (χ1) is 6.65. The van der Waals surface area contributed by atoms with Crippen molar-refractivity contribution in [2.75, 3.05) is 6.54 Å². The summed E-state index contributed by atoms with van der Waals surface area (Å²) in [5, 5.41) is 10.3. The van der Waals surface area contributed by atoms with Crippen molar-refractivity contribution >= 4 is 5.91 Å². The molecule has 0 radical (unpaired) electrons. The fraction of sp³-hybridized carbons (Fsp3) is 0.111. The molecule has 0 aromatic heterocycles. The van der Waals surface area contributed by atoms with Gasteiger partial charge in [-0.1, -0.05) is 0 Å². The first-order valence-corrected chi connectivity index (χ1v) is 3.75. The van der Waals surface area contributed by atoms with Crippen LogP contribution >= 0.6 is 0 Å². The smallest absolute Gasteiger partial charge is 0.255 e. The Morgan fingerprint density at radius 3 is 2.86 bits per heavy atom. The Kier molecular flexibility index (Phi) is 3.13. The fourth-order valence-electron chi connectivity index (χ4n) is 0.887. The molecular weight excluding hydrogens is 190 g/mol. The number of carbonyl (C=O) groups is 1. The van der Waals surface area contributed by atoms with E-state index in [0.717, 1.165) is 18.2 Å². The molecule has 0 atom stereocenters. The molecule has 0 heterocycles. The van der Waals surface area contributed by atoms with Gasteiger partial charge in [-0.2, -0.15) is 5.26 Å². The van der Waals surface area contributed by atoms with Crippen molar-refractivity contribution in [2.45, 2.75) is 0 Å². The van der Waals surface area contributed by atoms with Crippen molar-refractivity contribution in [2.24, 2.45) is 0 Å². The zero-order valence-corrected chi connectivity index (χ0v) is 7.05. The van der Waals surface area contributed by atoms with E-state index >= 15 is 0 Å². The van der Waals surface area contributed by atoms with Crippen molar-refractivity contribution in [3.8, 4) is 6.07 Å². The first-order valence-electron chi connectivity index (χ1n) is 3.75. The standard InChI is InChI=1S/C9H6F2N2O/c10-6-1-2-8(11)7(5-6)9(14)13-4-3-12/h1-2,5H,4H2,(H,13,14). The highest BCUT2D eigenvalue weighted by Crippen LogP contribution is 2.08. The van der Waals surface area contributed by atoms with E-state index in [0.29, 0.717) is 0 Å². The summed E-state index contributed by atoms with van der Waals surface area (Å²) in [5.74, 6) is -2.32. The van der Waals surface area contributed by atoms with E-state index in [4.69, 9.17) is 5.26 Å². The van der Waals surface area contributed by atoms with E-state index in [-0.39, 0.29) is 6.54 Å². The summed E-state index contributed by atoms with van der Waals surface area (Å²) < 4.78 is 25.6. The highest BCUT2D eigenvalue weighted by atomic mass is 19.1. The molecular formula is C9H6F2N2O. The van der Waals surface area contributed by atoms with Crippen LogP contribution in [0.1, 0.15) is 10.4 Å². The van der Waals surface area contributed by atoms with Crippen molar-refractivity contribution in [3.63, 3.8) is 0 Å². The van der Waals surface area contributed by atoms with Crippen LogP contribution in [0.3, 0.4) is 0 Å². The average Bonchev–Trinajstić information content (AvgIpc) is 2.18. The summed E-state index contributed by atoms with van der Waals surface area (Å²) in [7, 11) is 0. The average molecular weight is 196 g/mol. The molecule has 0 aliphatic rings. The molecule has 1 amide bonds. The van der Waals surface area contributed by atoms with E-state index in [1.54, 1.807) is 6.07 Å². The summed E-state index contributed by atoms with van der Waals surface area (Å²) >= 11 is 0. The lowest BCUT2D eigenvalue weighted by atomic mass is 10.2. The molecule has 1 N–H and O–H groups in total. The minimum absolute atomic E-state index is 0.241. The van der Waals surface area contributed by atoms with Gasteiger partial charge in [0.25, 0.3) is 5.91 Å². The van der Waals surface area contributed by atoms with Crippen LogP contribution in [0, 0.1) is 23.0 Å². The Bertz CT molecular complexity index is 398. The lowest BCUT2D eigenvalue weighted by Crippen LogP contribution is -2.24. The third-order valence-corrected chi connectivity index (χ3v) is 1.50. The number of benzene rings is 1. The first kappa shape index (κ1) is 10.1. The second-order valence-electron chi connectivity index (χ2n) is 2.46. The van der Waals surface area contributed by atoms with Crippen LogP contribution in [0.2, 0.25) is 0 Å². The Morgan fingerprint density at radius 2 is 2.21 bits per heavy atom. The van der Waals surface area contributed by atoms with Crippen LogP contribution < -0.4 is 5.32 Å². The second kappa shape index (κ2) is 4.33.